The monoisotopic (exact) mass is 309 g/mol. The van der Waals surface area contributed by atoms with Gasteiger partial charge in [-0.25, -0.2) is 8.78 Å². The molecule has 116 valence electrons. The van der Waals surface area contributed by atoms with Crippen molar-refractivity contribution in [2.45, 2.75) is 13.1 Å². The number of nitrogens with zero attached hydrogens (tertiary/aromatic N) is 1. The molecule has 0 unspecified atom stereocenters. The normalized spacial score (nSPS) is 10.5. The molecule has 0 atom stereocenters. The first-order chi connectivity index (χ1) is 11.2. The highest BCUT2D eigenvalue weighted by Crippen LogP contribution is 2.22. The van der Waals surface area contributed by atoms with Gasteiger partial charge in [0.15, 0.2) is 0 Å². The maximum atomic E-state index is 13.6. The van der Waals surface area contributed by atoms with Crippen LogP contribution in [0.4, 0.5) is 14.5 Å². The number of hydrogen-bond donors (Lipinski definition) is 0. The summed E-state index contributed by atoms with van der Waals surface area (Å²) in [7, 11) is 0. The predicted octanol–water partition coefficient (Wildman–Crippen LogP) is 5.17. The Labute approximate surface area is 134 Å². The Morgan fingerprint density at radius 3 is 1.48 bits per heavy atom. The highest BCUT2D eigenvalue weighted by molar-refractivity contribution is 5.48. The molecule has 3 aromatic rings. The van der Waals surface area contributed by atoms with Crippen LogP contribution < -0.4 is 4.90 Å². The minimum Gasteiger partial charge on any atom is -0.363 e. The zero-order valence-corrected chi connectivity index (χ0v) is 12.6. The van der Waals surface area contributed by atoms with E-state index >= 15 is 0 Å². The summed E-state index contributed by atoms with van der Waals surface area (Å²) in [5.74, 6) is -1.13. The maximum absolute atomic E-state index is 13.6. The van der Waals surface area contributed by atoms with Gasteiger partial charge in [-0.05, 0) is 23.3 Å². The average molecular weight is 309 g/mol. The molecule has 3 rings (SSSR count). The van der Waals surface area contributed by atoms with Gasteiger partial charge in [0.1, 0.15) is 11.6 Å². The van der Waals surface area contributed by atoms with Crippen LogP contribution >= 0.6 is 0 Å². The zero-order chi connectivity index (χ0) is 16.1. The molecule has 0 spiro atoms. The lowest BCUT2D eigenvalue weighted by molar-refractivity contribution is 0.581. The van der Waals surface area contributed by atoms with E-state index < -0.39 is 11.6 Å². The van der Waals surface area contributed by atoms with Gasteiger partial charge in [-0.1, -0.05) is 60.7 Å². The molecule has 0 saturated carbocycles. The molecule has 3 aromatic carbocycles. The molecule has 0 bridgehead atoms. The summed E-state index contributed by atoms with van der Waals surface area (Å²) >= 11 is 0. The van der Waals surface area contributed by atoms with Crippen LogP contribution in [0.3, 0.4) is 0 Å². The minimum atomic E-state index is -0.564. The highest BCUT2D eigenvalue weighted by Gasteiger charge is 2.11. The lowest BCUT2D eigenvalue weighted by Gasteiger charge is -2.25. The predicted molar refractivity (Wildman–Crippen MR) is 89.1 cm³/mol. The number of benzene rings is 3. The van der Waals surface area contributed by atoms with Crippen LogP contribution in [-0.2, 0) is 13.1 Å². The second-order valence-electron chi connectivity index (χ2n) is 5.45. The van der Waals surface area contributed by atoms with Crippen molar-refractivity contribution >= 4 is 5.69 Å². The van der Waals surface area contributed by atoms with Gasteiger partial charge < -0.3 is 4.90 Å². The molecule has 0 aromatic heterocycles. The third-order valence-electron chi connectivity index (χ3n) is 3.64. The van der Waals surface area contributed by atoms with Crippen LogP contribution in [0, 0.1) is 11.6 Å². The molecule has 0 radical (unpaired) electrons. The molecule has 0 heterocycles. The Morgan fingerprint density at radius 1 is 0.609 bits per heavy atom. The van der Waals surface area contributed by atoms with Crippen LogP contribution in [0.1, 0.15) is 11.1 Å². The van der Waals surface area contributed by atoms with E-state index in [0.717, 1.165) is 17.2 Å². The topological polar surface area (TPSA) is 3.24 Å². The van der Waals surface area contributed by atoms with E-state index in [1.165, 1.54) is 12.1 Å². The summed E-state index contributed by atoms with van der Waals surface area (Å²) in [6, 6.07) is 23.4. The van der Waals surface area contributed by atoms with E-state index in [1.807, 2.05) is 65.6 Å². The summed E-state index contributed by atoms with van der Waals surface area (Å²) in [6.45, 7) is 1.16. The van der Waals surface area contributed by atoms with Crippen molar-refractivity contribution in [3.63, 3.8) is 0 Å². The quantitative estimate of drug-likeness (QED) is 0.628. The molecule has 1 nitrogen and oxygen atoms in total. The van der Waals surface area contributed by atoms with E-state index in [4.69, 9.17) is 0 Å². The van der Waals surface area contributed by atoms with E-state index in [1.54, 1.807) is 0 Å². The fraction of sp³-hybridized carbons (Fsp3) is 0.100. The number of rotatable bonds is 5. The van der Waals surface area contributed by atoms with Crippen molar-refractivity contribution in [3.8, 4) is 0 Å². The SMILES string of the molecule is Fc1cc(F)cc(N(Cc2ccccc2)Cc2ccccc2)c1. The van der Waals surface area contributed by atoms with E-state index in [0.29, 0.717) is 18.8 Å². The lowest BCUT2D eigenvalue weighted by Crippen LogP contribution is -2.22. The van der Waals surface area contributed by atoms with E-state index in [2.05, 4.69) is 0 Å². The smallest absolute Gasteiger partial charge is 0.128 e. The van der Waals surface area contributed by atoms with Crippen molar-refractivity contribution in [1.82, 2.24) is 0 Å². The Hall–Kier alpha value is -2.68. The fourth-order valence-corrected chi connectivity index (χ4v) is 2.57. The van der Waals surface area contributed by atoms with Gasteiger partial charge >= 0.3 is 0 Å². The van der Waals surface area contributed by atoms with Gasteiger partial charge in [0.25, 0.3) is 0 Å². The van der Waals surface area contributed by atoms with Crippen LogP contribution in [0.5, 0.6) is 0 Å². The third kappa shape index (κ3) is 4.16. The molecule has 0 fully saturated rings. The van der Waals surface area contributed by atoms with Crippen molar-refractivity contribution in [2.24, 2.45) is 0 Å². The van der Waals surface area contributed by atoms with Crippen molar-refractivity contribution < 1.29 is 8.78 Å². The number of halogens is 2. The first-order valence-electron chi connectivity index (χ1n) is 7.49. The molecule has 23 heavy (non-hydrogen) atoms. The summed E-state index contributed by atoms with van der Waals surface area (Å²) in [5, 5.41) is 0. The Bertz CT molecular complexity index is 695. The molecule has 0 aliphatic carbocycles. The maximum Gasteiger partial charge on any atom is 0.128 e. The highest BCUT2D eigenvalue weighted by atomic mass is 19.1. The van der Waals surface area contributed by atoms with Crippen molar-refractivity contribution in [1.29, 1.82) is 0 Å². The molecule has 0 amide bonds. The van der Waals surface area contributed by atoms with Gasteiger partial charge in [0.2, 0.25) is 0 Å². The van der Waals surface area contributed by atoms with Gasteiger partial charge in [-0.2, -0.15) is 0 Å². The summed E-state index contributed by atoms with van der Waals surface area (Å²) < 4.78 is 27.2. The summed E-state index contributed by atoms with van der Waals surface area (Å²) in [5.41, 5.74) is 2.72. The summed E-state index contributed by atoms with van der Waals surface area (Å²) in [6.07, 6.45) is 0. The zero-order valence-electron chi connectivity index (χ0n) is 12.6. The summed E-state index contributed by atoms with van der Waals surface area (Å²) in [4.78, 5) is 1.97. The van der Waals surface area contributed by atoms with Crippen LogP contribution in [0.25, 0.3) is 0 Å². The minimum absolute atomic E-state index is 0.537. The number of anilines is 1. The first-order valence-corrected chi connectivity index (χ1v) is 7.49. The molecule has 0 saturated heterocycles. The van der Waals surface area contributed by atoms with E-state index in [9.17, 15) is 8.78 Å². The Balaban J connectivity index is 1.92. The third-order valence-corrected chi connectivity index (χ3v) is 3.64. The second kappa shape index (κ2) is 7.05. The van der Waals surface area contributed by atoms with Gasteiger partial charge in [-0.3, -0.25) is 0 Å². The average Bonchev–Trinajstić information content (AvgIpc) is 2.55. The van der Waals surface area contributed by atoms with Gasteiger partial charge in [-0.15, -0.1) is 0 Å². The molecule has 0 N–H and O–H groups in total. The molecule has 0 aliphatic heterocycles. The Kier molecular flexibility index (Phi) is 4.67. The molecular weight excluding hydrogens is 292 g/mol. The fourth-order valence-electron chi connectivity index (χ4n) is 2.57. The van der Waals surface area contributed by atoms with Crippen molar-refractivity contribution in [2.75, 3.05) is 4.90 Å². The van der Waals surface area contributed by atoms with E-state index in [-0.39, 0.29) is 0 Å². The largest absolute Gasteiger partial charge is 0.363 e. The Morgan fingerprint density at radius 2 is 1.04 bits per heavy atom. The number of hydrogen-bond acceptors (Lipinski definition) is 1. The second-order valence-corrected chi connectivity index (χ2v) is 5.45. The van der Waals surface area contributed by atoms with Crippen LogP contribution in [0.2, 0.25) is 0 Å². The van der Waals surface area contributed by atoms with Crippen LogP contribution in [0.15, 0.2) is 78.9 Å². The molecule has 3 heteroatoms. The van der Waals surface area contributed by atoms with Crippen molar-refractivity contribution in [3.05, 3.63) is 102 Å². The molecular formula is C20H17F2N. The lowest BCUT2D eigenvalue weighted by atomic mass is 10.1. The first kappa shape index (κ1) is 15.2. The standard InChI is InChI=1S/C20H17F2N/c21-18-11-19(22)13-20(12-18)23(14-16-7-3-1-4-8-16)15-17-9-5-2-6-10-17/h1-13H,14-15H2. The van der Waals surface area contributed by atoms with Gasteiger partial charge in [0.05, 0.1) is 0 Å². The molecule has 0 aliphatic rings. The van der Waals surface area contributed by atoms with Gasteiger partial charge in [0, 0.05) is 24.8 Å². The van der Waals surface area contributed by atoms with Crippen LogP contribution in [-0.4, -0.2) is 0 Å².